The number of rotatable bonds is 6. The monoisotopic (exact) mass is 274 g/mol. The van der Waals surface area contributed by atoms with Crippen LogP contribution in [0.1, 0.15) is 25.3 Å². The van der Waals surface area contributed by atoms with E-state index in [0.29, 0.717) is 12.1 Å². The molecule has 5 heteroatoms. The number of nitriles is 1. The van der Waals surface area contributed by atoms with Crippen molar-refractivity contribution in [3.05, 3.63) is 35.9 Å². The Labute approximate surface area is 118 Å². The van der Waals surface area contributed by atoms with Crippen molar-refractivity contribution in [1.82, 2.24) is 4.90 Å². The Morgan fingerprint density at radius 1 is 1.35 bits per heavy atom. The lowest BCUT2D eigenvalue weighted by Gasteiger charge is -2.27. The second-order valence-electron chi connectivity index (χ2n) is 4.90. The van der Waals surface area contributed by atoms with Gasteiger partial charge in [0.25, 0.3) is 0 Å². The van der Waals surface area contributed by atoms with Crippen molar-refractivity contribution >= 4 is 11.9 Å². The SMILES string of the molecule is CN(CCC#N)C(=O)CC(C)(C(=O)O)c1ccccc1. The molecule has 1 aromatic carbocycles. The highest BCUT2D eigenvalue weighted by atomic mass is 16.4. The zero-order valence-corrected chi connectivity index (χ0v) is 11.7. The van der Waals surface area contributed by atoms with E-state index in [4.69, 9.17) is 5.26 Å². The van der Waals surface area contributed by atoms with E-state index in [1.807, 2.05) is 6.07 Å². The molecule has 5 nitrogen and oxygen atoms in total. The van der Waals surface area contributed by atoms with Crippen LogP contribution in [-0.4, -0.2) is 35.5 Å². The number of carbonyl (C=O) groups excluding carboxylic acids is 1. The van der Waals surface area contributed by atoms with Crippen LogP contribution >= 0.6 is 0 Å². The van der Waals surface area contributed by atoms with Crippen molar-refractivity contribution in [3.8, 4) is 6.07 Å². The highest BCUT2D eigenvalue weighted by Crippen LogP contribution is 2.28. The fourth-order valence-corrected chi connectivity index (χ4v) is 1.89. The van der Waals surface area contributed by atoms with Crippen LogP contribution in [0.2, 0.25) is 0 Å². The number of carbonyl (C=O) groups is 2. The third-order valence-corrected chi connectivity index (χ3v) is 3.37. The van der Waals surface area contributed by atoms with Crippen molar-refractivity contribution in [3.63, 3.8) is 0 Å². The van der Waals surface area contributed by atoms with Crippen molar-refractivity contribution in [2.75, 3.05) is 13.6 Å². The highest BCUT2D eigenvalue weighted by Gasteiger charge is 2.38. The van der Waals surface area contributed by atoms with Crippen LogP contribution in [0, 0.1) is 11.3 Å². The van der Waals surface area contributed by atoms with Gasteiger partial charge in [0.05, 0.1) is 17.9 Å². The van der Waals surface area contributed by atoms with Crippen LogP contribution in [-0.2, 0) is 15.0 Å². The molecular weight excluding hydrogens is 256 g/mol. The molecule has 0 saturated heterocycles. The van der Waals surface area contributed by atoms with Gasteiger partial charge in [-0.2, -0.15) is 5.26 Å². The summed E-state index contributed by atoms with van der Waals surface area (Å²) < 4.78 is 0. The molecule has 0 saturated carbocycles. The van der Waals surface area contributed by atoms with Crippen molar-refractivity contribution in [2.24, 2.45) is 0 Å². The van der Waals surface area contributed by atoms with Crippen molar-refractivity contribution < 1.29 is 14.7 Å². The topological polar surface area (TPSA) is 81.4 Å². The fourth-order valence-electron chi connectivity index (χ4n) is 1.89. The molecule has 1 aromatic rings. The standard InChI is InChI=1S/C15H18N2O3/c1-15(14(19)20,12-7-4-3-5-8-12)11-13(18)17(2)10-6-9-16/h3-5,7-8H,6,10-11H2,1-2H3,(H,19,20). The lowest BCUT2D eigenvalue weighted by atomic mass is 9.79. The quantitative estimate of drug-likeness (QED) is 0.857. The van der Waals surface area contributed by atoms with Crippen LogP contribution < -0.4 is 0 Å². The molecule has 0 aromatic heterocycles. The second-order valence-corrected chi connectivity index (χ2v) is 4.90. The fraction of sp³-hybridized carbons (Fsp3) is 0.400. The summed E-state index contributed by atoms with van der Waals surface area (Å²) >= 11 is 0. The Balaban J connectivity index is 2.91. The van der Waals surface area contributed by atoms with E-state index < -0.39 is 11.4 Å². The summed E-state index contributed by atoms with van der Waals surface area (Å²) in [6.45, 7) is 1.85. The maximum atomic E-state index is 12.1. The van der Waals surface area contributed by atoms with Crippen LogP contribution in [0.3, 0.4) is 0 Å². The van der Waals surface area contributed by atoms with Gasteiger partial charge in [0.2, 0.25) is 5.91 Å². The maximum Gasteiger partial charge on any atom is 0.314 e. The molecule has 106 valence electrons. The number of amides is 1. The normalized spacial score (nSPS) is 13.1. The largest absolute Gasteiger partial charge is 0.481 e. The number of hydrogen-bond acceptors (Lipinski definition) is 3. The number of benzene rings is 1. The molecule has 0 radical (unpaired) electrons. The van der Waals surface area contributed by atoms with E-state index >= 15 is 0 Å². The van der Waals surface area contributed by atoms with Gasteiger partial charge in [0.15, 0.2) is 0 Å². The lowest BCUT2D eigenvalue weighted by molar-refractivity contribution is -0.147. The van der Waals surface area contributed by atoms with E-state index in [1.54, 1.807) is 44.3 Å². The van der Waals surface area contributed by atoms with E-state index in [9.17, 15) is 14.7 Å². The molecule has 0 spiro atoms. The minimum atomic E-state index is -1.26. The van der Waals surface area contributed by atoms with Gasteiger partial charge in [0.1, 0.15) is 0 Å². The van der Waals surface area contributed by atoms with Crippen molar-refractivity contribution in [1.29, 1.82) is 5.26 Å². The number of aliphatic carboxylic acids is 1. The van der Waals surface area contributed by atoms with Crippen molar-refractivity contribution in [2.45, 2.75) is 25.2 Å². The number of hydrogen-bond donors (Lipinski definition) is 1. The first-order valence-corrected chi connectivity index (χ1v) is 6.31. The summed E-state index contributed by atoms with van der Waals surface area (Å²) in [5.74, 6) is -1.32. The summed E-state index contributed by atoms with van der Waals surface area (Å²) in [7, 11) is 1.58. The molecule has 0 aliphatic carbocycles. The van der Waals surface area contributed by atoms with Gasteiger partial charge < -0.3 is 10.0 Å². The van der Waals surface area contributed by atoms with E-state index in [0.717, 1.165) is 0 Å². The lowest BCUT2D eigenvalue weighted by Crippen LogP contribution is -2.39. The zero-order valence-electron chi connectivity index (χ0n) is 11.7. The smallest absolute Gasteiger partial charge is 0.314 e. The van der Waals surface area contributed by atoms with Gasteiger partial charge in [-0.15, -0.1) is 0 Å². The molecule has 0 aliphatic rings. The molecule has 0 fully saturated rings. The van der Waals surface area contributed by atoms with E-state index in [1.165, 1.54) is 4.90 Å². The van der Waals surface area contributed by atoms with Crippen LogP contribution in [0.25, 0.3) is 0 Å². The first-order chi connectivity index (χ1) is 9.41. The van der Waals surface area contributed by atoms with Crippen LogP contribution in [0.15, 0.2) is 30.3 Å². The average Bonchev–Trinajstić information content (AvgIpc) is 2.45. The van der Waals surface area contributed by atoms with E-state index in [-0.39, 0.29) is 18.7 Å². The number of carboxylic acids is 1. The molecule has 1 atom stereocenters. The number of nitrogens with zero attached hydrogens (tertiary/aromatic N) is 2. The molecule has 1 amide bonds. The van der Waals surface area contributed by atoms with Gasteiger partial charge >= 0.3 is 5.97 Å². The van der Waals surface area contributed by atoms with Gasteiger partial charge in [0, 0.05) is 20.0 Å². The first-order valence-electron chi connectivity index (χ1n) is 6.31. The third kappa shape index (κ3) is 3.58. The van der Waals surface area contributed by atoms with Gasteiger partial charge in [-0.1, -0.05) is 30.3 Å². The zero-order chi connectivity index (χ0) is 15.2. The Kier molecular flexibility index (Phi) is 5.27. The predicted octanol–water partition coefficient (Wildman–Crippen LogP) is 1.79. The molecule has 0 bridgehead atoms. The maximum absolute atomic E-state index is 12.1. The highest BCUT2D eigenvalue weighted by molar-refractivity contribution is 5.89. The molecular formula is C15H18N2O3. The molecule has 1 unspecified atom stereocenters. The Morgan fingerprint density at radius 2 is 1.95 bits per heavy atom. The predicted molar refractivity (Wildman–Crippen MR) is 73.9 cm³/mol. The summed E-state index contributed by atoms with van der Waals surface area (Å²) in [5, 5.41) is 18.0. The Hall–Kier alpha value is -2.35. The molecule has 0 aliphatic heterocycles. The minimum Gasteiger partial charge on any atom is -0.481 e. The number of carboxylic acid groups (broad SMARTS) is 1. The average molecular weight is 274 g/mol. The Bertz CT molecular complexity index is 522. The summed E-state index contributed by atoms with van der Waals surface area (Å²) in [4.78, 5) is 25.1. The van der Waals surface area contributed by atoms with Gasteiger partial charge in [-0.05, 0) is 12.5 Å². The van der Waals surface area contributed by atoms with Gasteiger partial charge in [-0.3, -0.25) is 9.59 Å². The summed E-state index contributed by atoms with van der Waals surface area (Å²) in [6.07, 6.45) is 0.103. The van der Waals surface area contributed by atoms with Crippen LogP contribution in [0.5, 0.6) is 0 Å². The minimum absolute atomic E-state index is 0.131. The Morgan fingerprint density at radius 3 is 2.45 bits per heavy atom. The van der Waals surface area contributed by atoms with Crippen LogP contribution in [0.4, 0.5) is 0 Å². The molecule has 20 heavy (non-hydrogen) atoms. The van der Waals surface area contributed by atoms with E-state index in [2.05, 4.69) is 0 Å². The molecule has 1 N–H and O–H groups in total. The molecule has 0 heterocycles. The second kappa shape index (κ2) is 6.71. The summed E-state index contributed by atoms with van der Waals surface area (Å²) in [5.41, 5.74) is -0.672. The summed E-state index contributed by atoms with van der Waals surface area (Å²) in [6, 6.07) is 10.7. The van der Waals surface area contributed by atoms with Gasteiger partial charge in [-0.25, -0.2) is 0 Å². The first kappa shape index (κ1) is 15.7. The molecule has 1 rings (SSSR count). The third-order valence-electron chi connectivity index (χ3n) is 3.37.